The Hall–Kier alpha value is -3.92. The molecule has 0 atom stereocenters. The molecule has 2 aromatic carbocycles. The van der Waals surface area contributed by atoms with Crippen LogP contribution in [0.1, 0.15) is 31.0 Å². The van der Waals surface area contributed by atoms with E-state index in [4.69, 9.17) is 13.8 Å². The molecule has 0 bridgehead atoms. The summed E-state index contributed by atoms with van der Waals surface area (Å²) in [5.74, 6) is 1.32. The molecule has 32 heavy (non-hydrogen) atoms. The van der Waals surface area contributed by atoms with Crippen molar-refractivity contribution >= 4 is 33.2 Å². The molecule has 0 saturated heterocycles. The molecule has 4 nitrogen and oxygen atoms in total. The molecule has 6 rings (SSSR count). The van der Waals surface area contributed by atoms with Crippen molar-refractivity contribution in [1.82, 2.24) is 9.97 Å². The van der Waals surface area contributed by atoms with Crippen LogP contribution >= 0.6 is 0 Å². The predicted octanol–water partition coefficient (Wildman–Crippen LogP) is 7.89. The highest BCUT2D eigenvalue weighted by molar-refractivity contribution is 6.08. The Kier molecular flexibility index (Phi) is 4.15. The lowest BCUT2D eigenvalue weighted by atomic mass is 10.0. The van der Waals surface area contributed by atoms with Gasteiger partial charge in [0, 0.05) is 33.0 Å². The summed E-state index contributed by atoms with van der Waals surface area (Å²) in [5, 5.41) is 3.03. The Morgan fingerprint density at radius 3 is 2.41 bits per heavy atom. The number of nitrogens with zero attached hydrogens (tertiary/aromatic N) is 2. The van der Waals surface area contributed by atoms with Gasteiger partial charge in [0.05, 0.1) is 5.69 Å². The van der Waals surface area contributed by atoms with E-state index in [1.165, 1.54) is 5.56 Å². The van der Waals surface area contributed by atoms with Crippen molar-refractivity contribution in [2.24, 2.45) is 0 Å². The number of pyridine rings is 2. The number of fused-ring (bicyclic) bond motifs is 4. The zero-order valence-electron chi connectivity index (χ0n) is 18.2. The number of rotatable bonds is 3. The largest absolute Gasteiger partial charge is 0.438 e. The number of furan rings is 2. The van der Waals surface area contributed by atoms with E-state index in [0.29, 0.717) is 17.3 Å². The van der Waals surface area contributed by atoms with Gasteiger partial charge in [0.15, 0.2) is 0 Å². The number of aromatic nitrogens is 2. The molecule has 4 heteroatoms. The summed E-state index contributed by atoms with van der Waals surface area (Å²) < 4.78 is 12.3. The van der Waals surface area contributed by atoms with Gasteiger partial charge < -0.3 is 8.83 Å². The fraction of sp³-hybridized carbons (Fsp3) is 0.143. The van der Waals surface area contributed by atoms with Gasteiger partial charge >= 0.3 is 0 Å². The maximum absolute atomic E-state index is 6.15. The van der Waals surface area contributed by atoms with Gasteiger partial charge in [-0.25, -0.2) is 9.97 Å². The molecule has 0 amide bonds. The van der Waals surface area contributed by atoms with Crippen LogP contribution in [0.4, 0.5) is 0 Å². The van der Waals surface area contributed by atoms with Crippen LogP contribution in [-0.2, 0) is 0 Å². The Balaban J connectivity index is 1.46. The van der Waals surface area contributed by atoms with E-state index in [-0.39, 0.29) is 0 Å². The molecule has 0 aliphatic carbocycles. The first kappa shape index (κ1) is 18.8. The van der Waals surface area contributed by atoms with E-state index in [0.717, 1.165) is 50.0 Å². The van der Waals surface area contributed by atoms with E-state index in [1.54, 1.807) is 0 Å². The highest BCUT2D eigenvalue weighted by Crippen LogP contribution is 2.36. The van der Waals surface area contributed by atoms with E-state index >= 15 is 0 Å². The number of hydrogen-bond acceptors (Lipinski definition) is 4. The number of hydrogen-bond donors (Lipinski definition) is 0. The van der Waals surface area contributed by atoms with Crippen LogP contribution in [0, 0.1) is 6.92 Å². The third kappa shape index (κ3) is 2.99. The van der Waals surface area contributed by atoms with Gasteiger partial charge in [-0.1, -0.05) is 50.2 Å². The molecule has 4 aromatic heterocycles. The smallest absolute Gasteiger partial charge is 0.227 e. The van der Waals surface area contributed by atoms with Gasteiger partial charge in [0.2, 0.25) is 11.4 Å². The van der Waals surface area contributed by atoms with Crippen molar-refractivity contribution in [1.29, 1.82) is 0 Å². The second-order valence-electron chi connectivity index (χ2n) is 8.57. The second kappa shape index (κ2) is 7.06. The SMILES string of the molecule is Cc1ccc2c(n1)oc1c(-c3ccc4cc(-c5ccc(C(C)C)cc5)oc4n3)cccc12. The van der Waals surface area contributed by atoms with Gasteiger partial charge in [-0.2, -0.15) is 0 Å². The van der Waals surface area contributed by atoms with Gasteiger partial charge in [-0.3, -0.25) is 0 Å². The Morgan fingerprint density at radius 2 is 1.59 bits per heavy atom. The molecular weight excluding hydrogens is 396 g/mol. The minimum Gasteiger partial charge on any atom is -0.438 e. The Labute approximate surface area is 185 Å². The maximum Gasteiger partial charge on any atom is 0.227 e. The first-order valence-corrected chi connectivity index (χ1v) is 10.9. The topological polar surface area (TPSA) is 52.1 Å². The van der Waals surface area contributed by atoms with Gasteiger partial charge in [0.1, 0.15) is 11.3 Å². The first-order chi connectivity index (χ1) is 15.6. The third-order valence-electron chi connectivity index (χ3n) is 6.02. The summed E-state index contributed by atoms with van der Waals surface area (Å²) in [6, 6.07) is 24.8. The van der Waals surface area contributed by atoms with Crippen LogP contribution in [0.15, 0.2) is 81.6 Å². The number of benzene rings is 2. The molecule has 0 fully saturated rings. The van der Waals surface area contributed by atoms with Crippen LogP contribution in [0.5, 0.6) is 0 Å². The van der Waals surface area contributed by atoms with Gasteiger partial charge in [0.25, 0.3) is 0 Å². The van der Waals surface area contributed by atoms with E-state index in [2.05, 4.69) is 61.3 Å². The molecule has 0 spiro atoms. The Morgan fingerprint density at radius 1 is 0.750 bits per heavy atom. The summed E-state index contributed by atoms with van der Waals surface area (Å²) in [7, 11) is 0. The molecule has 0 radical (unpaired) electrons. The highest BCUT2D eigenvalue weighted by atomic mass is 16.3. The van der Waals surface area contributed by atoms with E-state index in [9.17, 15) is 0 Å². The summed E-state index contributed by atoms with van der Waals surface area (Å²) in [6.07, 6.45) is 0. The van der Waals surface area contributed by atoms with Crippen LogP contribution in [0.2, 0.25) is 0 Å². The molecule has 156 valence electrons. The van der Waals surface area contributed by atoms with Crippen molar-refractivity contribution in [2.45, 2.75) is 26.7 Å². The van der Waals surface area contributed by atoms with Crippen molar-refractivity contribution in [3.05, 3.63) is 84.1 Å². The standard InChI is InChI=1S/C28H22N2O2/c1-16(2)18-8-10-19(11-9-18)25-15-20-12-14-24(30-27(20)31-25)23-6-4-5-21-22-13-7-17(3)29-28(22)32-26(21)23/h4-16H,1-3H3. The minimum atomic E-state index is 0.504. The van der Waals surface area contributed by atoms with Gasteiger partial charge in [-0.05, 0) is 54.8 Å². The minimum absolute atomic E-state index is 0.504. The van der Waals surface area contributed by atoms with Crippen LogP contribution < -0.4 is 0 Å². The predicted molar refractivity (Wildman–Crippen MR) is 129 cm³/mol. The summed E-state index contributed by atoms with van der Waals surface area (Å²) in [5.41, 5.74) is 7.11. The maximum atomic E-state index is 6.15. The molecule has 0 unspecified atom stereocenters. The average Bonchev–Trinajstić information content (AvgIpc) is 3.39. The first-order valence-electron chi connectivity index (χ1n) is 10.9. The molecule has 0 aliphatic rings. The van der Waals surface area contributed by atoms with Crippen molar-refractivity contribution in [2.75, 3.05) is 0 Å². The monoisotopic (exact) mass is 418 g/mol. The lowest BCUT2D eigenvalue weighted by Gasteiger charge is -2.05. The van der Waals surface area contributed by atoms with Crippen molar-refractivity contribution in [3.8, 4) is 22.6 Å². The highest BCUT2D eigenvalue weighted by Gasteiger charge is 2.15. The van der Waals surface area contributed by atoms with Crippen molar-refractivity contribution in [3.63, 3.8) is 0 Å². The van der Waals surface area contributed by atoms with Gasteiger partial charge in [-0.15, -0.1) is 0 Å². The van der Waals surface area contributed by atoms with E-state index < -0.39 is 0 Å². The lowest BCUT2D eigenvalue weighted by Crippen LogP contribution is -1.85. The normalized spacial score (nSPS) is 11.9. The second-order valence-corrected chi connectivity index (χ2v) is 8.57. The summed E-state index contributed by atoms with van der Waals surface area (Å²) in [4.78, 5) is 9.37. The van der Waals surface area contributed by atoms with E-state index in [1.807, 2.05) is 37.3 Å². The van der Waals surface area contributed by atoms with Crippen molar-refractivity contribution < 1.29 is 8.83 Å². The zero-order valence-corrected chi connectivity index (χ0v) is 18.2. The summed E-state index contributed by atoms with van der Waals surface area (Å²) >= 11 is 0. The van der Waals surface area contributed by atoms with Crippen LogP contribution in [0.3, 0.4) is 0 Å². The zero-order chi connectivity index (χ0) is 21.8. The fourth-order valence-electron chi connectivity index (χ4n) is 4.22. The average molecular weight is 418 g/mol. The Bertz CT molecular complexity index is 1600. The van der Waals surface area contributed by atoms with Crippen LogP contribution in [-0.4, -0.2) is 9.97 Å². The third-order valence-corrected chi connectivity index (χ3v) is 6.02. The molecule has 0 N–H and O–H groups in total. The summed E-state index contributed by atoms with van der Waals surface area (Å²) in [6.45, 7) is 6.36. The lowest BCUT2D eigenvalue weighted by molar-refractivity contribution is 0.619. The molecule has 6 aromatic rings. The molecule has 0 aliphatic heterocycles. The fourth-order valence-corrected chi connectivity index (χ4v) is 4.22. The molecular formula is C28H22N2O2. The molecule has 0 saturated carbocycles. The molecule has 4 heterocycles. The number of aryl methyl sites for hydroxylation is 1. The number of para-hydroxylation sites is 1. The van der Waals surface area contributed by atoms with Crippen LogP contribution in [0.25, 0.3) is 55.7 Å². The quantitative estimate of drug-likeness (QED) is 0.293.